The van der Waals surface area contributed by atoms with Crippen molar-refractivity contribution in [3.8, 4) is 0 Å². The predicted octanol–water partition coefficient (Wildman–Crippen LogP) is 3.61. The third kappa shape index (κ3) is 7.35. The molecule has 3 N–H and O–H groups in total. The number of benzene rings is 1. The second-order valence-corrected chi connectivity index (χ2v) is 9.20. The summed E-state index contributed by atoms with van der Waals surface area (Å²) >= 11 is 0. The van der Waals surface area contributed by atoms with Gasteiger partial charge in [0.2, 0.25) is 0 Å². The van der Waals surface area contributed by atoms with Crippen LogP contribution >= 0.6 is 0 Å². The Morgan fingerprint density at radius 2 is 2.00 bits per heavy atom. The van der Waals surface area contributed by atoms with Gasteiger partial charge in [0.1, 0.15) is 17.7 Å². The lowest BCUT2D eigenvalue weighted by Crippen LogP contribution is -2.37. The molecule has 0 saturated heterocycles. The predicted molar refractivity (Wildman–Crippen MR) is 142 cm³/mol. The van der Waals surface area contributed by atoms with E-state index < -0.39 is 12.0 Å². The van der Waals surface area contributed by atoms with E-state index in [9.17, 15) is 9.90 Å². The third-order valence-electron chi connectivity index (χ3n) is 6.52. The molecule has 0 radical (unpaired) electrons. The van der Waals surface area contributed by atoms with E-state index in [0.717, 1.165) is 67.9 Å². The van der Waals surface area contributed by atoms with Gasteiger partial charge in [-0.05, 0) is 68.8 Å². The van der Waals surface area contributed by atoms with Crippen molar-refractivity contribution in [2.24, 2.45) is 0 Å². The summed E-state index contributed by atoms with van der Waals surface area (Å²) in [6, 6.07) is 11.1. The number of aryl methyl sites for hydroxylation is 2. The molecule has 4 rings (SSSR count). The highest BCUT2D eigenvalue weighted by Gasteiger charge is 2.20. The quantitative estimate of drug-likeness (QED) is 0.291. The lowest BCUT2D eigenvalue weighted by molar-refractivity contribution is -0.138. The maximum absolute atomic E-state index is 11.9. The van der Waals surface area contributed by atoms with Crippen LogP contribution in [0.2, 0.25) is 0 Å². The number of hydrogen-bond acceptors (Lipinski definition) is 8. The Kier molecular flexibility index (Phi) is 9.40. The van der Waals surface area contributed by atoms with Crippen LogP contribution in [0, 0.1) is 0 Å². The summed E-state index contributed by atoms with van der Waals surface area (Å²) in [5.41, 5.74) is 3.95. The number of aromatic nitrogens is 3. The largest absolute Gasteiger partial charge is 0.480 e. The van der Waals surface area contributed by atoms with E-state index in [0.29, 0.717) is 25.4 Å². The van der Waals surface area contributed by atoms with E-state index in [1.807, 2.05) is 24.3 Å². The van der Waals surface area contributed by atoms with Crippen LogP contribution in [0.5, 0.6) is 0 Å². The maximum Gasteiger partial charge on any atom is 0.326 e. The van der Waals surface area contributed by atoms with Gasteiger partial charge in [0, 0.05) is 32.4 Å². The van der Waals surface area contributed by atoms with E-state index in [2.05, 4.69) is 37.6 Å². The summed E-state index contributed by atoms with van der Waals surface area (Å²) in [5, 5.41) is 16.2. The van der Waals surface area contributed by atoms with Crippen LogP contribution in [-0.4, -0.2) is 76.9 Å². The molecule has 2 aromatic heterocycles. The van der Waals surface area contributed by atoms with Gasteiger partial charge in [-0.25, -0.2) is 14.8 Å². The van der Waals surface area contributed by atoms with Crippen molar-refractivity contribution in [1.29, 1.82) is 0 Å². The molecular weight excluding hydrogens is 456 g/mol. The lowest BCUT2D eigenvalue weighted by Gasteiger charge is -2.24. The minimum Gasteiger partial charge on any atom is -0.480 e. The highest BCUT2D eigenvalue weighted by atomic mass is 16.5. The van der Waals surface area contributed by atoms with Gasteiger partial charge < -0.3 is 25.4 Å². The van der Waals surface area contributed by atoms with Crippen LogP contribution in [0.1, 0.15) is 36.9 Å². The number of unbranched alkanes of at least 4 members (excludes halogenated alkanes) is 1. The Balaban J connectivity index is 1.27. The molecule has 0 bridgehead atoms. The second kappa shape index (κ2) is 13.1. The first-order valence-electron chi connectivity index (χ1n) is 12.8. The Hall–Kier alpha value is -3.30. The summed E-state index contributed by atoms with van der Waals surface area (Å²) in [5.74, 6) is 0.615. The number of carboxylic acids is 1. The monoisotopic (exact) mass is 492 g/mol. The normalized spacial score (nSPS) is 13.8. The number of nitrogens with zero attached hydrogens (tertiary/aromatic N) is 4. The van der Waals surface area contributed by atoms with Crippen LogP contribution in [0.25, 0.3) is 11.0 Å². The third-order valence-corrected chi connectivity index (χ3v) is 6.52. The van der Waals surface area contributed by atoms with Crippen molar-refractivity contribution in [3.05, 3.63) is 53.9 Å². The number of anilines is 2. The van der Waals surface area contributed by atoms with E-state index in [1.165, 1.54) is 12.0 Å². The van der Waals surface area contributed by atoms with E-state index in [4.69, 9.17) is 9.72 Å². The summed E-state index contributed by atoms with van der Waals surface area (Å²) in [7, 11) is 1.69. The molecule has 0 spiro atoms. The van der Waals surface area contributed by atoms with Gasteiger partial charge in [-0.2, -0.15) is 0 Å². The van der Waals surface area contributed by atoms with Crippen LogP contribution in [-0.2, 0) is 22.4 Å². The minimum atomic E-state index is -0.899. The van der Waals surface area contributed by atoms with Crippen molar-refractivity contribution >= 4 is 28.6 Å². The van der Waals surface area contributed by atoms with Gasteiger partial charge in [0.15, 0.2) is 0 Å². The molecule has 1 aliphatic heterocycles. The number of carbonyl (C=O) groups is 1. The number of hydrogen-bond donors (Lipinski definition) is 3. The molecule has 3 heterocycles. The number of carboxylic acid groups (broad SMARTS) is 1. The summed E-state index contributed by atoms with van der Waals surface area (Å²) in [6.45, 7) is 3.90. The van der Waals surface area contributed by atoms with Crippen LogP contribution < -0.4 is 10.6 Å². The molecule has 1 aromatic carbocycles. The molecule has 1 atom stereocenters. The first-order valence-corrected chi connectivity index (χ1v) is 12.8. The van der Waals surface area contributed by atoms with Gasteiger partial charge >= 0.3 is 5.97 Å². The SMILES string of the molecule is COCCN(CCCCc1ccc2c(n1)NCCC2)CC[C@@H](Nc1cnc2ccccc2n1)C(=O)O. The zero-order chi connectivity index (χ0) is 25.2. The number of fused-ring (bicyclic) bond motifs is 2. The molecule has 0 unspecified atom stereocenters. The van der Waals surface area contributed by atoms with E-state index >= 15 is 0 Å². The summed E-state index contributed by atoms with van der Waals surface area (Å²) in [4.78, 5) is 27.9. The number of nitrogens with one attached hydrogen (secondary N) is 2. The van der Waals surface area contributed by atoms with Crippen LogP contribution in [0.15, 0.2) is 42.6 Å². The zero-order valence-electron chi connectivity index (χ0n) is 20.9. The fourth-order valence-electron chi connectivity index (χ4n) is 4.48. The zero-order valence-corrected chi connectivity index (χ0v) is 20.9. The molecule has 0 aliphatic carbocycles. The van der Waals surface area contributed by atoms with Crippen molar-refractivity contribution in [2.45, 2.75) is 44.6 Å². The highest BCUT2D eigenvalue weighted by molar-refractivity contribution is 5.78. The molecule has 0 saturated carbocycles. The number of methoxy groups -OCH3 is 1. The van der Waals surface area contributed by atoms with Gasteiger partial charge in [0.25, 0.3) is 0 Å². The number of pyridine rings is 1. The Morgan fingerprint density at radius 1 is 1.14 bits per heavy atom. The van der Waals surface area contributed by atoms with Gasteiger partial charge in [-0.15, -0.1) is 0 Å². The smallest absolute Gasteiger partial charge is 0.326 e. The van der Waals surface area contributed by atoms with Crippen LogP contribution in [0.3, 0.4) is 0 Å². The Morgan fingerprint density at radius 3 is 2.83 bits per heavy atom. The van der Waals surface area contributed by atoms with Crippen molar-refractivity contribution < 1.29 is 14.6 Å². The Labute approximate surface area is 212 Å². The number of rotatable bonds is 14. The average molecular weight is 493 g/mol. The number of aliphatic carboxylic acids is 1. The highest BCUT2D eigenvalue weighted by Crippen LogP contribution is 2.20. The summed E-state index contributed by atoms with van der Waals surface area (Å²) < 4.78 is 5.28. The molecule has 1 aliphatic rings. The van der Waals surface area contributed by atoms with Gasteiger partial charge in [-0.3, -0.25) is 4.98 Å². The molecule has 0 amide bonds. The minimum absolute atomic E-state index is 0.450. The van der Waals surface area contributed by atoms with Gasteiger partial charge in [0.05, 0.1) is 23.8 Å². The van der Waals surface area contributed by atoms with Crippen molar-refractivity contribution in [1.82, 2.24) is 19.9 Å². The topological polar surface area (TPSA) is 113 Å². The first kappa shape index (κ1) is 25.8. The molecule has 9 nitrogen and oxygen atoms in total. The number of para-hydroxylation sites is 2. The second-order valence-electron chi connectivity index (χ2n) is 9.20. The first-order chi connectivity index (χ1) is 17.6. The summed E-state index contributed by atoms with van der Waals surface area (Å²) in [6.07, 6.45) is 7.28. The van der Waals surface area contributed by atoms with E-state index in [1.54, 1.807) is 13.3 Å². The molecule has 0 fully saturated rings. The van der Waals surface area contributed by atoms with Crippen molar-refractivity contribution in [3.63, 3.8) is 0 Å². The molecule has 36 heavy (non-hydrogen) atoms. The fourth-order valence-corrected chi connectivity index (χ4v) is 4.48. The molecule has 9 heteroatoms. The average Bonchev–Trinajstić information content (AvgIpc) is 2.91. The lowest BCUT2D eigenvalue weighted by atomic mass is 10.1. The Bertz CT molecular complexity index is 1140. The molecular formula is C27H36N6O3. The maximum atomic E-state index is 11.9. The van der Waals surface area contributed by atoms with Crippen molar-refractivity contribution in [2.75, 3.05) is 50.5 Å². The molecule has 3 aromatic rings. The van der Waals surface area contributed by atoms with Crippen LogP contribution in [0.4, 0.5) is 11.6 Å². The van der Waals surface area contributed by atoms with E-state index in [-0.39, 0.29) is 0 Å². The fraction of sp³-hybridized carbons (Fsp3) is 0.481. The van der Waals surface area contributed by atoms with Gasteiger partial charge in [-0.1, -0.05) is 18.2 Å². The standard InChI is InChI=1S/C27H36N6O3/c1-36-18-17-33(15-5-4-8-21-12-11-20-7-6-14-28-26(20)30-21)16-13-24(27(34)35)32-25-19-29-22-9-2-3-10-23(22)31-25/h2-3,9-12,19,24H,4-8,13-18H2,1H3,(H,28,30)(H,31,32)(H,34,35)/t24-/m1/s1. The number of ether oxygens (including phenoxy) is 1. The molecule has 192 valence electrons.